The Morgan fingerprint density at radius 3 is 2.58 bits per heavy atom. The quantitative estimate of drug-likeness (QED) is 0.549. The van der Waals surface area contributed by atoms with E-state index in [0.717, 1.165) is 17.9 Å². The molecule has 64 valence electrons. The zero-order valence-corrected chi connectivity index (χ0v) is 7.16. The van der Waals surface area contributed by atoms with Crippen LogP contribution in [0.25, 0.3) is 0 Å². The van der Waals surface area contributed by atoms with Gasteiger partial charge in [0.05, 0.1) is 6.26 Å². The van der Waals surface area contributed by atoms with Gasteiger partial charge in [-0.15, -0.1) is 0 Å². The highest BCUT2D eigenvalue weighted by atomic mass is 16.5. The number of hydrogen-bond acceptors (Lipinski definition) is 2. The van der Waals surface area contributed by atoms with Crippen LogP contribution in [0.15, 0.2) is 36.6 Å². The van der Waals surface area contributed by atoms with Gasteiger partial charge in [0, 0.05) is 5.69 Å². The van der Waals surface area contributed by atoms with Gasteiger partial charge in [0.1, 0.15) is 5.75 Å². The third-order valence-corrected chi connectivity index (χ3v) is 1.42. The van der Waals surface area contributed by atoms with E-state index in [1.807, 2.05) is 30.3 Å². The van der Waals surface area contributed by atoms with Gasteiger partial charge in [-0.2, -0.15) is 0 Å². The molecule has 2 heteroatoms. The van der Waals surface area contributed by atoms with Crippen molar-refractivity contribution in [2.75, 3.05) is 5.73 Å². The third-order valence-electron chi connectivity index (χ3n) is 1.42. The Bertz CT molecular complexity index is 251. The third kappa shape index (κ3) is 2.66. The summed E-state index contributed by atoms with van der Waals surface area (Å²) >= 11 is 0. The van der Waals surface area contributed by atoms with Gasteiger partial charge >= 0.3 is 0 Å². The number of hydrogen-bond donors (Lipinski definition) is 1. The molecule has 0 aromatic heterocycles. The second-order valence-electron chi connectivity index (χ2n) is 2.47. The second-order valence-corrected chi connectivity index (χ2v) is 2.47. The van der Waals surface area contributed by atoms with Crippen molar-refractivity contribution >= 4 is 5.69 Å². The van der Waals surface area contributed by atoms with E-state index >= 15 is 0 Å². The number of anilines is 1. The Hall–Kier alpha value is -1.44. The first-order valence-electron chi connectivity index (χ1n) is 4.00. The molecule has 1 aromatic rings. The standard InChI is InChI=1S/C10H13NO/c1-2-3-8-12-10-6-4-9(11)5-7-10/h3-8H,2,11H2,1H3. The topological polar surface area (TPSA) is 35.2 Å². The van der Waals surface area contributed by atoms with Crippen LogP contribution < -0.4 is 10.5 Å². The zero-order valence-electron chi connectivity index (χ0n) is 7.16. The Morgan fingerprint density at radius 1 is 1.33 bits per heavy atom. The van der Waals surface area contributed by atoms with Crippen molar-refractivity contribution < 1.29 is 4.74 Å². The number of benzene rings is 1. The van der Waals surface area contributed by atoms with E-state index in [1.54, 1.807) is 6.26 Å². The fourth-order valence-electron chi connectivity index (χ4n) is 0.769. The number of nitrogen functional groups attached to an aromatic ring is 1. The van der Waals surface area contributed by atoms with E-state index in [1.165, 1.54) is 0 Å². The van der Waals surface area contributed by atoms with Crippen LogP contribution in [-0.2, 0) is 0 Å². The van der Waals surface area contributed by atoms with Crippen LogP contribution >= 0.6 is 0 Å². The summed E-state index contributed by atoms with van der Waals surface area (Å²) in [5, 5.41) is 0. The van der Waals surface area contributed by atoms with Crippen molar-refractivity contribution in [3.63, 3.8) is 0 Å². The van der Waals surface area contributed by atoms with Crippen LogP contribution in [0.4, 0.5) is 5.69 Å². The lowest BCUT2D eigenvalue weighted by molar-refractivity contribution is 0.479. The minimum Gasteiger partial charge on any atom is -0.465 e. The molecule has 2 nitrogen and oxygen atoms in total. The van der Waals surface area contributed by atoms with Gasteiger partial charge in [-0.3, -0.25) is 0 Å². The van der Waals surface area contributed by atoms with Crippen LogP contribution in [0, 0.1) is 0 Å². The number of allylic oxidation sites excluding steroid dienone is 1. The molecule has 0 bridgehead atoms. The monoisotopic (exact) mass is 163 g/mol. The molecule has 0 unspecified atom stereocenters. The van der Waals surface area contributed by atoms with Crippen LogP contribution in [0.1, 0.15) is 13.3 Å². The van der Waals surface area contributed by atoms with Gasteiger partial charge in [-0.25, -0.2) is 0 Å². The Kier molecular flexibility index (Phi) is 3.20. The molecule has 2 N–H and O–H groups in total. The lowest BCUT2D eigenvalue weighted by Crippen LogP contribution is -1.85. The number of ether oxygens (including phenoxy) is 1. The molecule has 1 aromatic carbocycles. The second kappa shape index (κ2) is 4.44. The van der Waals surface area contributed by atoms with E-state index in [-0.39, 0.29) is 0 Å². The Labute approximate surface area is 72.7 Å². The van der Waals surface area contributed by atoms with Crippen molar-refractivity contribution in [2.24, 2.45) is 0 Å². The maximum absolute atomic E-state index is 5.51. The lowest BCUT2D eigenvalue weighted by Gasteiger charge is -1.99. The summed E-state index contributed by atoms with van der Waals surface area (Å²) in [6.07, 6.45) is 4.62. The largest absolute Gasteiger partial charge is 0.465 e. The zero-order chi connectivity index (χ0) is 8.81. The minimum atomic E-state index is 0.752. The Balaban J connectivity index is 2.53. The van der Waals surface area contributed by atoms with Gasteiger partial charge < -0.3 is 10.5 Å². The summed E-state index contributed by atoms with van der Waals surface area (Å²) in [4.78, 5) is 0. The van der Waals surface area contributed by atoms with Gasteiger partial charge in [-0.1, -0.05) is 6.92 Å². The van der Waals surface area contributed by atoms with E-state index in [2.05, 4.69) is 6.92 Å². The molecule has 1 rings (SSSR count). The minimum absolute atomic E-state index is 0.752. The molecule has 0 radical (unpaired) electrons. The molecular formula is C10H13NO. The molecule has 0 spiro atoms. The van der Waals surface area contributed by atoms with Crippen LogP contribution in [0.5, 0.6) is 5.75 Å². The summed E-state index contributed by atoms with van der Waals surface area (Å²) in [5.74, 6) is 0.814. The molecule has 0 aliphatic rings. The van der Waals surface area contributed by atoms with Crippen molar-refractivity contribution in [1.29, 1.82) is 0 Å². The normalized spacial score (nSPS) is 10.4. The van der Waals surface area contributed by atoms with Crippen molar-refractivity contribution in [2.45, 2.75) is 13.3 Å². The lowest BCUT2D eigenvalue weighted by atomic mass is 10.3. The Morgan fingerprint density at radius 2 is 2.00 bits per heavy atom. The summed E-state index contributed by atoms with van der Waals surface area (Å²) in [7, 11) is 0. The maximum atomic E-state index is 5.51. The summed E-state index contributed by atoms with van der Waals surface area (Å²) in [6.45, 7) is 2.06. The van der Waals surface area contributed by atoms with Crippen molar-refractivity contribution in [3.05, 3.63) is 36.6 Å². The van der Waals surface area contributed by atoms with Gasteiger partial charge in [-0.05, 0) is 36.8 Å². The SMILES string of the molecule is CCC=COc1ccc(N)cc1. The van der Waals surface area contributed by atoms with Crippen LogP contribution in [-0.4, -0.2) is 0 Å². The molecule has 0 heterocycles. The summed E-state index contributed by atoms with van der Waals surface area (Å²) in [5.41, 5.74) is 6.26. The molecule has 0 saturated heterocycles. The van der Waals surface area contributed by atoms with Crippen molar-refractivity contribution in [1.82, 2.24) is 0 Å². The number of nitrogens with two attached hydrogens (primary N) is 1. The van der Waals surface area contributed by atoms with Crippen LogP contribution in [0.3, 0.4) is 0 Å². The molecule has 0 fully saturated rings. The van der Waals surface area contributed by atoms with Gasteiger partial charge in [0.15, 0.2) is 0 Å². The molecule has 0 atom stereocenters. The molecule has 0 amide bonds. The highest BCUT2D eigenvalue weighted by Gasteiger charge is 1.88. The average molecular weight is 163 g/mol. The predicted molar refractivity (Wildman–Crippen MR) is 50.9 cm³/mol. The molecule has 12 heavy (non-hydrogen) atoms. The molecule has 0 aliphatic carbocycles. The average Bonchev–Trinajstić information content (AvgIpc) is 2.09. The summed E-state index contributed by atoms with van der Waals surface area (Å²) < 4.78 is 5.27. The molecule has 0 saturated carbocycles. The number of rotatable bonds is 3. The highest BCUT2D eigenvalue weighted by Crippen LogP contribution is 2.12. The first kappa shape index (κ1) is 8.65. The first-order valence-corrected chi connectivity index (χ1v) is 4.00. The van der Waals surface area contributed by atoms with E-state index in [9.17, 15) is 0 Å². The molecule has 0 aliphatic heterocycles. The van der Waals surface area contributed by atoms with Crippen molar-refractivity contribution in [3.8, 4) is 5.75 Å². The molecular weight excluding hydrogens is 150 g/mol. The van der Waals surface area contributed by atoms with Gasteiger partial charge in [0.25, 0.3) is 0 Å². The fraction of sp³-hybridized carbons (Fsp3) is 0.200. The van der Waals surface area contributed by atoms with E-state index in [0.29, 0.717) is 0 Å². The van der Waals surface area contributed by atoms with Gasteiger partial charge in [0.2, 0.25) is 0 Å². The first-order chi connectivity index (χ1) is 5.83. The predicted octanol–water partition coefficient (Wildman–Crippen LogP) is 2.57. The van der Waals surface area contributed by atoms with E-state index in [4.69, 9.17) is 10.5 Å². The fourth-order valence-corrected chi connectivity index (χ4v) is 0.769. The smallest absolute Gasteiger partial charge is 0.126 e. The maximum Gasteiger partial charge on any atom is 0.126 e. The summed E-state index contributed by atoms with van der Waals surface area (Å²) in [6, 6.07) is 7.31. The van der Waals surface area contributed by atoms with E-state index < -0.39 is 0 Å². The highest BCUT2D eigenvalue weighted by molar-refractivity contribution is 5.41. The van der Waals surface area contributed by atoms with Crippen LogP contribution in [0.2, 0.25) is 0 Å².